The Morgan fingerprint density at radius 3 is 2.58 bits per heavy atom. The van der Waals surface area contributed by atoms with Crippen molar-refractivity contribution in [2.24, 2.45) is 5.73 Å². The molecule has 0 radical (unpaired) electrons. The lowest BCUT2D eigenvalue weighted by molar-refractivity contribution is 0.566. The van der Waals surface area contributed by atoms with E-state index in [0.29, 0.717) is 23.8 Å². The highest BCUT2D eigenvalue weighted by Crippen LogP contribution is 2.11. The van der Waals surface area contributed by atoms with E-state index in [9.17, 15) is 4.79 Å². The minimum absolute atomic E-state index is 0.0749. The largest absolute Gasteiger partial charge is 0.393 e. The van der Waals surface area contributed by atoms with Gasteiger partial charge in [-0.05, 0) is 27.7 Å². The van der Waals surface area contributed by atoms with Gasteiger partial charge in [0.1, 0.15) is 0 Å². The van der Waals surface area contributed by atoms with Crippen LogP contribution in [0.5, 0.6) is 0 Å². The summed E-state index contributed by atoms with van der Waals surface area (Å²) in [5, 5.41) is 0. The third-order valence-electron chi connectivity index (χ3n) is 2.90. The number of anilines is 1. The quantitative estimate of drug-likeness (QED) is 0.805. The minimum Gasteiger partial charge on any atom is -0.393 e. The molecule has 1 aromatic heterocycles. The molecule has 19 heavy (non-hydrogen) atoms. The first-order chi connectivity index (χ1) is 8.84. The molecule has 0 aliphatic heterocycles. The molecular formula is C13H22N4OS. The standard InChI is InChI=1S/C13H22N4OS/c1-9(2)16(7-5-11(14)19)12-13(18)17(10(3)4)8-6-15-12/h6,8-10H,5,7H2,1-4H3,(H2,14,19). The molecule has 0 fully saturated rings. The SMILES string of the molecule is CC(C)N(CCC(N)=S)c1nccn(C(C)C)c1=O. The molecule has 106 valence electrons. The maximum Gasteiger partial charge on any atom is 0.293 e. The predicted octanol–water partition coefficient (Wildman–Crippen LogP) is 1.72. The second kappa shape index (κ2) is 6.65. The van der Waals surface area contributed by atoms with Crippen molar-refractivity contribution in [2.45, 2.75) is 46.2 Å². The average molecular weight is 282 g/mol. The Balaban J connectivity index is 3.13. The zero-order valence-corrected chi connectivity index (χ0v) is 12.8. The summed E-state index contributed by atoms with van der Waals surface area (Å²) in [6, 6.07) is 0.274. The van der Waals surface area contributed by atoms with Crippen molar-refractivity contribution in [3.8, 4) is 0 Å². The summed E-state index contributed by atoms with van der Waals surface area (Å²) in [4.78, 5) is 19.0. The van der Waals surface area contributed by atoms with Gasteiger partial charge in [0.05, 0.1) is 4.99 Å². The fraction of sp³-hybridized carbons (Fsp3) is 0.615. The van der Waals surface area contributed by atoms with E-state index in [4.69, 9.17) is 18.0 Å². The molecule has 0 aliphatic rings. The Kier molecular flexibility index (Phi) is 5.47. The van der Waals surface area contributed by atoms with Crippen LogP contribution in [0.15, 0.2) is 17.2 Å². The van der Waals surface area contributed by atoms with Crippen LogP contribution in [0, 0.1) is 0 Å². The fourth-order valence-electron chi connectivity index (χ4n) is 1.86. The third-order valence-corrected chi connectivity index (χ3v) is 3.10. The molecule has 2 N–H and O–H groups in total. The lowest BCUT2D eigenvalue weighted by Crippen LogP contribution is -2.39. The van der Waals surface area contributed by atoms with Crippen LogP contribution in [-0.2, 0) is 0 Å². The van der Waals surface area contributed by atoms with Crippen LogP contribution < -0.4 is 16.2 Å². The average Bonchev–Trinajstić information content (AvgIpc) is 2.30. The highest BCUT2D eigenvalue weighted by atomic mass is 32.1. The van der Waals surface area contributed by atoms with Crippen molar-refractivity contribution in [2.75, 3.05) is 11.4 Å². The Labute approximate surface area is 119 Å². The second-order valence-corrected chi connectivity index (χ2v) is 5.58. The predicted molar refractivity (Wildman–Crippen MR) is 82.8 cm³/mol. The molecule has 0 unspecified atom stereocenters. The van der Waals surface area contributed by atoms with Crippen molar-refractivity contribution < 1.29 is 0 Å². The van der Waals surface area contributed by atoms with Gasteiger partial charge in [0.25, 0.3) is 5.56 Å². The number of rotatable bonds is 6. The summed E-state index contributed by atoms with van der Waals surface area (Å²) in [5.74, 6) is 0.461. The van der Waals surface area contributed by atoms with Gasteiger partial charge < -0.3 is 15.2 Å². The van der Waals surface area contributed by atoms with Gasteiger partial charge in [-0.1, -0.05) is 12.2 Å². The van der Waals surface area contributed by atoms with Gasteiger partial charge in [-0.3, -0.25) is 4.79 Å². The molecule has 1 rings (SSSR count). The summed E-state index contributed by atoms with van der Waals surface area (Å²) in [7, 11) is 0. The van der Waals surface area contributed by atoms with Gasteiger partial charge in [0, 0.05) is 37.4 Å². The van der Waals surface area contributed by atoms with E-state index in [-0.39, 0.29) is 17.6 Å². The summed E-state index contributed by atoms with van der Waals surface area (Å²) in [6.07, 6.45) is 3.95. The molecule has 0 bridgehead atoms. The number of nitrogens with zero attached hydrogens (tertiary/aromatic N) is 3. The molecule has 0 spiro atoms. The van der Waals surface area contributed by atoms with Gasteiger partial charge in [-0.15, -0.1) is 0 Å². The van der Waals surface area contributed by atoms with Crippen LogP contribution >= 0.6 is 12.2 Å². The van der Waals surface area contributed by atoms with E-state index < -0.39 is 0 Å². The van der Waals surface area contributed by atoms with E-state index in [1.54, 1.807) is 17.0 Å². The van der Waals surface area contributed by atoms with Crippen molar-refractivity contribution in [1.82, 2.24) is 9.55 Å². The van der Waals surface area contributed by atoms with Crippen LogP contribution in [0.1, 0.15) is 40.2 Å². The van der Waals surface area contributed by atoms with Gasteiger partial charge in [0.15, 0.2) is 5.82 Å². The van der Waals surface area contributed by atoms with Crippen LogP contribution in [0.4, 0.5) is 5.82 Å². The maximum absolute atomic E-state index is 12.4. The molecule has 6 heteroatoms. The molecule has 1 aromatic rings. The number of aromatic nitrogens is 2. The lowest BCUT2D eigenvalue weighted by atomic mass is 10.2. The number of hydrogen-bond acceptors (Lipinski definition) is 4. The van der Waals surface area contributed by atoms with Crippen LogP contribution in [0.2, 0.25) is 0 Å². The third kappa shape index (κ3) is 4.02. The zero-order valence-electron chi connectivity index (χ0n) is 12.0. The van der Waals surface area contributed by atoms with Gasteiger partial charge in [0.2, 0.25) is 0 Å². The van der Waals surface area contributed by atoms with Crippen molar-refractivity contribution in [3.05, 3.63) is 22.7 Å². The van der Waals surface area contributed by atoms with Crippen LogP contribution in [-0.4, -0.2) is 27.1 Å². The molecule has 0 aliphatic carbocycles. The van der Waals surface area contributed by atoms with E-state index in [1.165, 1.54) is 0 Å². The second-order valence-electron chi connectivity index (χ2n) is 5.06. The van der Waals surface area contributed by atoms with Crippen LogP contribution in [0.25, 0.3) is 0 Å². The molecule has 0 aromatic carbocycles. The van der Waals surface area contributed by atoms with Gasteiger partial charge in [-0.25, -0.2) is 4.98 Å². The fourth-order valence-corrected chi connectivity index (χ4v) is 1.95. The number of nitrogens with two attached hydrogens (primary N) is 1. The summed E-state index contributed by atoms with van der Waals surface area (Å²) in [6.45, 7) is 8.60. The van der Waals surface area contributed by atoms with Gasteiger partial charge in [-0.2, -0.15) is 0 Å². The lowest BCUT2D eigenvalue weighted by Gasteiger charge is -2.27. The summed E-state index contributed by atoms with van der Waals surface area (Å²) < 4.78 is 1.68. The normalized spacial score (nSPS) is 11.1. The topological polar surface area (TPSA) is 64.2 Å². The molecular weight excluding hydrogens is 260 g/mol. The zero-order chi connectivity index (χ0) is 14.6. The first kappa shape index (κ1) is 15.6. The van der Waals surface area contributed by atoms with E-state index in [1.807, 2.05) is 32.6 Å². The van der Waals surface area contributed by atoms with E-state index >= 15 is 0 Å². The summed E-state index contributed by atoms with van der Waals surface area (Å²) in [5.41, 5.74) is 5.46. The highest BCUT2D eigenvalue weighted by Gasteiger charge is 2.17. The Morgan fingerprint density at radius 2 is 2.11 bits per heavy atom. The number of hydrogen-bond donors (Lipinski definition) is 1. The molecule has 0 atom stereocenters. The molecule has 0 amide bonds. The first-order valence-electron chi connectivity index (χ1n) is 6.46. The monoisotopic (exact) mass is 282 g/mol. The maximum atomic E-state index is 12.4. The number of thiocarbonyl (C=S) groups is 1. The molecule has 0 saturated heterocycles. The highest BCUT2D eigenvalue weighted by molar-refractivity contribution is 7.80. The van der Waals surface area contributed by atoms with Crippen molar-refractivity contribution >= 4 is 23.0 Å². The van der Waals surface area contributed by atoms with Gasteiger partial charge >= 0.3 is 0 Å². The Morgan fingerprint density at radius 1 is 1.47 bits per heavy atom. The van der Waals surface area contributed by atoms with Crippen molar-refractivity contribution in [1.29, 1.82) is 0 Å². The van der Waals surface area contributed by atoms with Crippen LogP contribution in [0.3, 0.4) is 0 Å². The van der Waals surface area contributed by atoms with E-state index in [2.05, 4.69) is 4.98 Å². The smallest absolute Gasteiger partial charge is 0.293 e. The Bertz CT molecular complexity index is 496. The molecule has 5 nitrogen and oxygen atoms in total. The Hall–Kier alpha value is -1.43. The molecule has 0 saturated carbocycles. The molecule has 1 heterocycles. The van der Waals surface area contributed by atoms with E-state index in [0.717, 1.165) is 0 Å². The summed E-state index contributed by atoms with van der Waals surface area (Å²) >= 11 is 4.90. The van der Waals surface area contributed by atoms with Crippen molar-refractivity contribution in [3.63, 3.8) is 0 Å². The minimum atomic E-state index is -0.0749. The first-order valence-corrected chi connectivity index (χ1v) is 6.87.